The topological polar surface area (TPSA) is 29.5 Å². The van der Waals surface area contributed by atoms with Crippen LogP contribution in [0.5, 0.6) is 17.2 Å². The second-order valence-corrected chi connectivity index (χ2v) is 7.72. The lowest BCUT2D eigenvalue weighted by Crippen LogP contribution is -1.90. The quantitative estimate of drug-likeness (QED) is 0.288. The average molecular weight is 538 g/mol. The van der Waals surface area contributed by atoms with E-state index in [0.29, 0.717) is 0 Å². The minimum Gasteiger partial charge on any atom is -0.507 e. The Morgan fingerprint density at radius 1 is 0.792 bits per heavy atom. The van der Waals surface area contributed by atoms with Crippen LogP contribution in [-0.2, 0) is 0 Å². The minimum absolute atomic E-state index is 0.274. The Morgan fingerprint density at radius 2 is 1.54 bits per heavy atom. The van der Waals surface area contributed by atoms with Crippen LogP contribution in [0.1, 0.15) is 0 Å². The summed E-state index contributed by atoms with van der Waals surface area (Å²) in [6.07, 6.45) is 0. The van der Waals surface area contributed by atoms with Crippen molar-refractivity contribution < 1.29 is 9.84 Å². The summed E-state index contributed by atoms with van der Waals surface area (Å²) in [6.45, 7) is 0. The Morgan fingerprint density at radius 3 is 2.42 bits per heavy atom. The number of phenolic OH excluding ortho intramolecular Hbond substituents is 1. The average Bonchev–Trinajstić information content (AvgIpc) is 2.58. The van der Waals surface area contributed by atoms with Crippen molar-refractivity contribution in [2.24, 2.45) is 0 Å². The number of aromatic hydroxyl groups is 1. The summed E-state index contributed by atoms with van der Waals surface area (Å²) in [5.41, 5.74) is 0. The Balaban J connectivity index is 1.81. The maximum absolute atomic E-state index is 10.2. The van der Waals surface area contributed by atoms with Crippen LogP contribution in [0.3, 0.4) is 0 Å². The van der Waals surface area contributed by atoms with Crippen LogP contribution in [0.2, 0.25) is 0 Å². The van der Waals surface area contributed by atoms with E-state index in [4.69, 9.17) is 4.74 Å². The lowest BCUT2D eigenvalue weighted by Gasteiger charge is -2.12. The lowest BCUT2D eigenvalue weighted by molar-refractivity contribution is 0.474. The van der Waals surface area contributed by atoms with Crippen molar-refractivity contribution in [1.82, 2.24) is 0 Å². The molecule has 0 spiro atoms. The summed E-state index contributed by atoms with van der Waals surface area (Å²) >= 11 is 4.57. The molecule has 118 valence electrons. The van der Waals surface area contributed by atoms with Gasteiger partial charge in [0.25, 0.3) is 0 Å². The number of halogens is 2. The van der Waals surface area contributed by atoms with Gasteiger partial charge in [0.2, 0.25) is 0 Å². The lowest BCUT2D eigenvalue weighted by atomic mass is 10.1. The number of benzene rings is 4. The summed E-state index contributed by atoms with van der Waals surface area (Å²) in [5, 5.41) is 14.4. The monoisotopic (exact) mass is 538 g/mol. The highest BCUT2D eigenvalue weighted by atomic mass is 127. The predicted octanol–water partition coefficient (Wildman–Crippen LogP) is 6.70. The molecule has 24 heavy (non-hydrogen) atoms. The van der Waals surface area contributed by atoms with Crippen molar-refractivity contribution in [2.75, 3.05) is 0 Å². The van der Waals surface area contributed by atoms with Crippen molar-refractivity contribution in [3.8, 4) is 17.2 Å². The first kappa shape index (κ1) is 16.0. The SMILES string of the molecule is Oc1cccc2ccc(Oc3ccc4cccc(I)c4c3)c(I)c12. The third-order valence-corrected chi connectivity index (χ3v) is 5.96. The van der Waals surface area contributed by atoms with Crippen LogP contribution >= 0.6 is 45.2 Å². The largest absolute Gasteiger partial charge is 0.507 e. The van der Waals surface area contributed by atoms with Crippen molar-refractivity contribution >= 4 is 66.7 Å². The summed E-state index contributed by atoms with van der Waals surface area (Å²) < 4.78 is 8.22. The molecule has 0 aromatic heterocycles. The maximum Gasteiger partial charge on any atom is 0.141 e. The van der Waals surface area contributed by atoms with Gasteiger partial charge in [-0.1, -0.05) is 36.4 Å². The smallest absolute Gasteiger partial charge is 0.141 e. The normalized spacial score (nSPS) is 11.1. The molecule has 4 rings (SSSR count). The van der Waals surface area contributed by atoms with Gasteiger partial charge in [-0.15, -0.1) is 0 Å². The molecule has 0 heterocycles. The molecule has 0 aliphatic heterocycles. The Hall–Kier alpha value is -1.54. The first-order valence-corrected chi connectivity index (χ1v) is 9.55. The fourth-order valence-corrected chi connectivity index (χ4v) is 4.33. The van der Waals surface area contributed by atoms with Crippen molar-refractivity contribution in [1.29, 1.82) is 0 Å². The molecule has 2 nitrogen and oxygen atoms in total. The molecule has 0 aliphatic carbocycles. The number of fused-ring (bicyclic) bond motifs is 2. The molecule has 4 heteroatoms. The fourth-order valence-electron chi connectivity index (χ4n) is 2.78. The Labute approximate surface area is 166 Å². The molecule has 4 aromatic carbocycles. The molecule has 0 unspecified atom stereocenters. The van der Waals surface area contributed by atoms with Gasteiger partial charge in [0.05, 0.1) is 3.57 Å². The third-order valence-electron chi connectivity index (χ3n) is 3.95. The Kier molecular flexibility index (Phi) is 4.26. The molecule has 0 atom stereocenters. The molecule has 0 fully saturated rings. The molecule has 4 aromatic rings. The molecular weight excluding hydrogens is 526 g/mol. The van der Waals surface area contributed by atoms with Gasteiger partial charge in [0.15, 0.2) is 0 Å². The first-order chi connectivity index (χ1) is 11.6. The van der Waals surface area contributed by atoms with E-state index in [0.717, 1.165) is 25.8 Å². The highest BCUT2D eigenvalue weighted by Crippen LogP contribution is 2.37. The zero-order chi connectivity index (χ0) is 16.7. The van der Waals surface area contributed by atoms with E-state index in [-0.39, 0.29) is 5.75 Å². The van der Waals surface area contributed by atoms with E-state index in [1.807, 2.05) is 30.3 Å². The molecule has 0 saturated carbocycles. The van der Waals surface area contributed by atoms with E-state index < -0.39 is 0 Å². The number of hydrogen-bond acceptors (Lipinski definition) is 2. The second kappa shape index (κ2) is 6.40. The van der Waals surface area contributed by atoms with Gasteiger partial charge in [-0.05, 0) is 91.7 Å². The first-order valence-electron chi connectivity index (χ1n) is 7.40. The summed E-state index contributed by atoms with van der Waals surface area (Å²) in [4.78, 5) is 0. The van der Waals surface area contributed by atoms with E-state index >= 15 is 0 Å². The van der Waals surface area contributed by atoms with Crippen LogP contribution in [0.15, 0.2) is 66.7 Å². The van der Waals surface area contributed by atoms with E-state index in [2.05, 4.69) is 75.5 Å². The number of ether oxygens (including phenoxy) is 1. The summed E-state index contributed by atoms with van der Waals surface area (Å²) in [7, 11) is 0. The highest BCUT2D eigenvalue weighted by molar-refractivity contribution is 14.1. The van der Waals surface area contributed by atoms with Crippen molar-refractivity contribution in [3.63, 3.8) is 0 Å². The predicted molar refractivity (Wildman–Crippen MR) is 115 cm³/mol. The van der Waals surface area contributed by atoms with Crippen LogP contribution in [0.25, 0.3) is 21.5 Å². The van der Waals surface area contributed by atoms with Gasteiger partial charge in [0.1, 0.15) is 17.2 Å². The zero-order valence-corrected chi connectivity index (χ0v) is 16.8. The molecule has 0 saturated heterocycles. The van der Waals surface area contributed by atoms with Crippen LogP contribution in [0, 0.1) is 7.14 Å². The summed E-state index contributed by atoms with van der Waals surface area (Å²) in [5.74, 6) is 1.81. The number of phenols is 1. The standard InChI is InChI=1S/C20H12I2O2/c21-16-5-1-3-12-7-9-14(11-15(12)16)24-18-10-8-13-4-2-6-17(23)19(13)20(18)22/h1-11,23H. The molecule has 0 radical (unpaired) electrons. The van der Waals surface area contributed by atoms with Crippen molar-refractivity contribution in [3.05, 3.63) is 73.9 Å². The van der Waals surface area contributed by atoms with Gasteiger partial charge in [-0.2, -0.15) is 0 Å². The molecular formula is C20H12I2O2. The van der Waals surface area contributed by atoms with Gasteiger partial charge in [-0.25, -0.2) is 0 Å². The maximum atomic E-state index is 10.2. The van der Waals surface area contributed by atoms with Gasteiger partial charge >= 0.3 is 0 Å². The van der Waals surface area contributed by atoms with Crippen LogP contribution in [-0.4, -0.2) is 5.11 Å². The molecule has 0 amide bonds. The fraction of sp³-hybridized carbons (Fsp3) is 0. The van der Waals surface area contributed by atoms with Crippen LogP contribution < -0.4 is 4.74 Å². The van der Waals surface area contributed by atoms with E-state index in [1.54, 1.807) is 6.07 Å². The molecule has 0 aliphatic rings. The second-order valence-electron chi connectivity index (χ2n) is 5.48. The highest BCUT2D eigenvalue weighted by Gasteiger charge is 2.11. The van der Waals surface area contributed by atoms with Crippen LogP contribution in [0.4, 0.5) is 0 Å². The van der Waals surface area contributed by atoms with Gasteiger partial charge < -0.3 is 9.84 Å². The molecule has 0 bridgehead atoms. The third kappa shape index (κ3) is 2.82. The van der Waals surface area contributed by atoms with Gasteiger partial charge in [-0.3, -0.25) is 0 Å². The van der Waals surface area contributed by atoms with Crippen molar-refractivity contribution in [2.45, 2.75) is 0 Å². The Bertz CT molecular complexity index is 1070. The summed E-state index contributed by atoms with van der Waals surface area (Å²) in [6, 6.07) is 21.8. The van der Waals surface area contributed by atoms with Gasteiger partial charge in [0, 0.05) is 8.96 Å². The minimum atomic E-state index is 0.274. The number of hydrogen-bond donors (Lipinski definition) is 1. The number of rotatable bonds is 2. The zero-order valence-electron chi connectivity index (χ0n) is 12.5. The van der Waals surface area contributed by atoms with E-state index in [9.17, 15) is 5.11 Å². The molecule has 1 N–H and O–H groups in total. The van der Waals surface area contributed by atoms with E-state index in [1.165, 1.54) is 14.3 Å².